The molecule has 5 aromatic carbocycles. The molecule has 0 atom stereocenters. The van der Waals surface area contributed by atoms with Crippen LogP contribution in [0.1, 0.15) is 159 Å². The predicted molar refractivity (Wildman–Crippen MR) is 230 cm³/mol. The molecule has 0 aromatic heterocycles. The number of benzene rings is 4. The van der Waals surface area contributed by atoms with Crippen LogP contribution in [0.5, 0.6) is 0 Å². The molecular formula is C52H66Cl2Zr-2. The molecule has 1 aliphatic carbocycles. The van der Waals surface area contributed by atoms with Crippen molar-refractivity contribution in [2.45, 2.75) is 144 Å². The Kier molecular flexibility index (Phi) is 16.3. The van der Waals surface area contributed by atoms with Crippen molar-refractivity contribution in [2.24, 2.45) is 0 Å². The van der Waals surface area contributed by atoms with Gasteiger partial charge in [0.2, 0.25) is 0 Å². The first-order chi connectivity index (χ1) is 24.3. The molecule has 55 heavy (non-hydrogen) atoms. The smallest absolute Gasteiger partial charge is 0.0635 e. The van der Waals surface area contributed by atoms with Crippen LogP contribution in [-0.2, 0) is 57.7 Å². The second-order valence-electron chi connectivity index (χ2n) is 20.2. The Morgan fingerprint density at radius 3 is 1.40 bits per heavy atom. The first-order valence-electron chi connectivity index (χ1n) is 19.5. The maximum absolute atomic E-state index is 3.53. The largest absolute Gasteiger partial charge is 1.00 e. The van der Waals surface area contributed by atoms with Crippen molar-refractivity contribution in [3.05, 3.63) is 159 Å². The topological polar surface area (TPSA) is 0 Å². The molecule has 0 nitrogen and oxygen atoms in total. The van der Waals surface area contributed by atoms with Gasteiger partial charge >= 0.3 is 151 Å². The zero-order valence-electron chi connectivity index (χ0n) is 36.7. The molecule has 0 radical (unpaired) electrons. The fraction of sp³-hybridized carbons (Fsp3) is 0.423. The summed E-state index contributed by atoms with van der Waals surface area (Å²) in [4.78, 5) is 0. The van der Waals surface area contributed by atoms with Crippen molar-refractivity contribution in [1.29, 1.82) is 0 Å². The van der Waals surface area contributed by atoms with Crippen LogP contribution >= 0.6 is 0 Å². The fourth-order valence-corrected chi connectivity index (χ4v) is 7.94. The molecule has 5 aromatic rings. The van der Waals surface area contributed by atoms with E-state index in [-0.39, 0.29) is 46.5 Å². The summed E-state index contributed by atoms with van der Waals surface area (Å²) in [6.07, 6.45) is 1.03. The van der Waals surface area contributed by atoms with Crippen LogP contribution in [-0.4, -0.2) is 3.21 Å². The standard InChI is InChI=1S/C21H25.C21H26.C10H15.2ClH.Zr/c1-20(2,3)16-9-7-14-11-15-8-10-17(21(4,5)6)13-19(15)18(14)12-16;1-20(2,3)18-13-9-7-11-16(18)15-17-12-8-10-14-19(17)21(4,5)6;1-8-5-6-9(7-8)10(2,3)4;;;/h7,9-10,12-13H,11H2,1-6H3;7-14H,1-6H3;5-7H,1-4H3;2*1H;/q-1;;-1;;;+2/p-2. The van der Waals surface area contributed by atoms with Gasteiger partial charge in [0.15, 0.2) is 0 Å². The Balaban J connectivity index is 0.000000298. The fourth-order valence-electron chi connectivity index (χ4n) is 6.87. The third-order valence-electron chi connectivity index (χ3n) is 10.3. The number of hydrogen-bond donors (Lipinski definition) is 0. The van der Waals surface area contributed by atoms with Gasteiger partial charge in [0.05, 0.1) is 0 Å². The van der Waals surface area contributed by atoms with E-state index in [4.69, 9.17) is 0 Å². The number of fused-ring (bicyclic) bond motifs is 3. The van der Waals surface area contributed by atoms with Gasteiger partial charge < -0.3 is 24.8 Å². The Hall–Kier alpha value is -2.44. The number of hydrogen-bond acceptors (Lipinski definition) is 0. The maximum Gasteiger partial charge on any atom is -0.0635 e. The molecule has 0 heterocycles. The molecule has 0 N–H and O–H groups in total. The Morgan fingerprint density at radius 2 is 1.00 bits per heavy atom. The molecule has 0 spiro atoms. The molecule has 0 unspecified atom stereocenters. The van der Waals surface area contributed by atoms with Gasteiger partial charge in [-0.1, -0.05) is 109 Å². The van der Waals surface area contributed by atoms with Crippen LogP contribution in [0, 0.1) is 13.0 Å². The summed E-state index contributed by atoms with van der Waals surface area (Å²) in [6, 6.07) is 39.4. The first-order valence-corrected chi connectivity index (χ1v) is 20.7. The van der Waals surface area contributed by atoms with Gasteiger partial charge in [-0.15, -0.1) is 5.56 Å². The summed E-state index contributed by atoms with van der Waals surface area (Å²) < 4.78 is 1.46. The summed E-state index contributed by atoms with van der Waals surface area (Å²) in [6.45, 7) is 36.3. The van der Waals surface area contributed by atoms with E-state index in [1.165, 1.54) is 94.2 Å². The summed E-state index contributed by atoms with van der Waals surface area (Å²) in [7, 11) is 0. The van der Waals surface area contributed by atoms with Gasteiger partial charge in [-0.2, -0.15) is 52.6 Å². The molecule has 0 bridgehead atoms. The summed E-state index contributed by atoms with van der Waals surface area (Å²) >= 11 is 1.47. The molecule has 3 heteroatoms. The molecule has 0 saturated carbocycles. The zero-order chi connectivity index (χ0) is 39.7. The Bertz CT molecular complexity index is 1920. The van der Waals surface area contributed by atoms with Crippen molar-refractivity contribution in [1.82, 2.24) is 0 Å². The van der Waals surface area contributed by atoms with Gasteiger partial charge in [-0.25, -0.2) is 6.07 Å². The normalized spacial score (nSPS) is 12.5. The predicted octanol–water partition coefficient (Wildman–Crippen LogP) is 8.07. The van der Waals surface area contributed by atoms with Crippen LogP contribution in [0.4, 0.5) is 0 Å². The van der Waals surface area contributed by atoms with Crippen LogP contribution in [0.3, 0.4) is 0 Å². The van der Waals surface area contributed by atoms with Crippen LogP contribution in [0.25, 0.3) is 11.1 Å². The van der Waals surface area contributed by atoms with E-state index in [1.807, 2.05) is 0 Å². The summed E-state index contributed by atoms with van der Waals surface area (Å²) in [5.74, 6) is 0. The van der Waals surface area contributed by atoms with E-state index >= 15 is 0 Å². The number of rotatable bonds is 2. The van der Waals surface area contributed by atoms with Gasteiger partial charge in [0, 0.05) is 0 Å². The number of halogens is 2. The molecule has 294 valence electrons. The van der Waals surface area contributed by atoms with Crippen molar-refractivity contribution in [3.8, 4) is 11.1 Å². The third kappa shape index (κ3) is 12.5. The third-order valence-corrected chi connectivity index (χ3v) is 11.6. The van der Waals surface area contributed by atoms with Crippen LogP contribution < -0.4 is 24.8 Å². The van der Waals surface area contributed by atoms with Gasteiger partial charge in [0.1, 0.15) is 0 Å². The summed E-state index contributed by atoms with van der Waals surface area (Å²) in [5, 5.41) is 0. The minimum Gasteiger partial charge on any atom is -1.00 e. The SMILES string of the molecule is CC(C)(C)c1c[c-]c2c(c1)-c1cc(C(C)(C)C)ccc1C2.CC(C)(C)c1ccccc1[C](=[Zr+2])c1ccccc1C(C)(C)C.Cc1cc(C(C)(C)C)c[cH-]1.[Cl-].[Cl-]. The quantitative estimate of drug-likeness (QED) is 0.155. The van der Waals surface area contributed by atoms with E-state index in [9.17, 15) is 0 Å². The second-order valence-corrected chi connectivity index (χ2v) is 21.5. The van der Waals surface area contributed by atoms with Crippen molar-refractivity contribution in [3.63, 3.8) is 0 Å². The van der Waals surface area contributed by atoms with Gasteiger partial charge in [-0.05, 0) is 17.4 Å². The van der Waals surface area contributed by atoms with E-state index in [0.29, 0.717) is 5.41 Å². The molecule has 6 rings (SSSR count). The van der Waals surface area contributed by atoms with E-state index < -0.39 is 0 Å². The van der Waals surface area contributed by atoms with Crippen molar-refractivity contribution >= 4 is 3.21 Å². The average molecular weight is 853 g/mol. The molecule has 0 amide bonds. The minimum absolute atomic E-state index is 0. The van der Waals surface area contributed by atoms with E-state index in [1.54, 1.807) is 0 Å². The maximum atomic E-state index is 3.53. The minimum atomic E-state index is 0. The zero-order valence-corrected chi connectivity index (χ0v) is 40.7. The van der Waals surface area contributed by atoms with E-state index in [2.05, 4.69) is 214 Å². The molecule has 0 fully saturated rings. The molecule has 0 saturated heterocycles. The van der Waals surface area contributed by atoms with Gasteiger partial charge in [-0.3, -0.25) is 0 Å². The molecular weight excluding hydrogens is 787 g/mol. The Labute approximate surface area is 363 Å². The van der Waals surface area contributed by atoms with Crippen molar-refractivity contribution in [2.75, 3.05) is 0 Å². The first kappa shape index (κ1) is 48.7. The molecule has 0 aliphatic heterocycles. The molecule has 1 aliphatic rings. The monoisotopic (exact) mass is 850 g/mol. The average Bonchev–Trinajstić information content (AvgIpc) is 3.66. The van der Waals surface area contributed by atoms with Crippen molar-refractivity contribution < 1.29 is 49.0 Å². The van der Waals surface area contributed by atoms with Crippen LogP contribution in [0.15, 0.2) is 97.1 Å². The second kappa shape index (κ2) is 18.4. The number of aryl methyl sites for hydroxylation is 1. The Morgan fingerprint density at radius 1 is 0.545 bits per heavy atom. The van der Waals surface area contributed by atoms with Crippen LogP contribution in [0.2, 0.25) is 0 Å². The summed E-state index contributed by atoms with van der Waals surface area (Å²) in [5.41, 5.74) is 17.9. The van der Waals surface area contributed by atoms with E-state index in [0.717, 1.165) is 6.42 Å². The van der Waals surface area contributed by atoms with Gasteiger partial charge in [0.25, 0.3) is 0 Å².